The van der Waals surface area contributed by atoms with E-state index in [0.29, 0.717) is 0 Å². The van der Waals surface area contributed by atoms with Crippen molar-refractivity contribution in [2.75, 3.05) is 28.4 Å². The van der Waals surface area contributed by atoms with Gasteiger partial charge < -0.3 is 17.7 Å². The van der Waals surface area contributed by atoms with Gasteiger partial charge in [0.15, 0.2) is 0 Å². The normalized spacial score (nSPS) is 13.0. The molecular formula is C12H30O4Si2. The molecule has 6 heteroatoms. The van der Waals surface area contributed by atoms with Gasteiger partial charge in [-0.1, -0.05) is 26.7 Å². The molecule has 0 fully saturated rings. The highest BCUT2D eigenvalue weighted by Crippen LogP contribution is 2.29. The van der Waals surface area contributed by atoms with Crippen molar-refractivity contribution in [3.05, 3.63) is 0 Å². The van der Waals surface area contributed by atoms with Gasteiger partial charge in [0, 0.05) is 28.4 Å². The van der Waals surface area contributed by atoms with Crippen LogP contribution in [-0.4, -0.2) is 45.6 Å². The molecule has 0 saturated carbocycles. The molecule has 0 aromatic rings. The first-order valence-electron chi connectivity index (χ1n) is 6.78. The molecule has 0 bridgehead atoms. The average molecular weight is 295 g/mol. The van der Waals surface area contributed by atoms with Crippen LogP contribution >= 0.6 is 0 Å². The fourth-order valence-corrected chi connectivity index (χ4v) is 9.41. The number of hydrogen-bond donors (Lipinski definition) is 0. The summed E-state index contributed by atoms with van der Waals surface area (Å²) in [5.41, 5.74) is 0. The Morgan fingerprint density at radius 3 is 1.00 bits per heavy atom. The third kappa shape index (κ3) is 5.10. The van der Waals surface area contributed by atoms with Gasteiger partial charge in [-0.05, 0) is 24.2 Å². The van der Waals surface area contributed by atoms with E-state index >= 15 is 0 Å². The summed E-state index contributed by atoms with van der Waals surface area (Å²) in [6.45, 7) is 4.34. The van der Waals surface area contributed by atoms with Crippen LogP contribution in [0, 0.1) is 0 Å². The van der Waals surface area contributed by atoms with Crippen LogP contribution < -0.4 is 0 Å². The Morgan fingerprint density at radius 1 is 0.556 bits per heavy atom. The molecule has 0 aliphatic rings. The minimum Gasteiger partial charge on any atom is -0.398 e. The zero-order valence-corrected chi connectivity index (χ0v) is 14.9. The Hall–Kier alpha value is 0.274. The molecule has 0 atom stereocenters. The molecule has 0 spiro atoms. The minimum atomic E-state index is -2.04. The summed E-state index contributed by atoms with van der Waals surface area (Å²) >= 11 is 0. The van der Waals surface area contributed by atoms with E-state index in [1.54, 1.807) is 28.4 Å². The second-order valence-electron chi connectivity index (χ2n) is 4.64. The van der Waals surface area contributed by atoms with Crippen LogP contribution in [0.15, 0.2) is 0 Å². The van der Waals surface area contributed by atoms with E-state index in [4.69, 9.17) is 17.7 Å². The quantitative estimate of drug-likeness (QED) is 0.548. The summed E-state index contributed by atoms with van der Waals surface area (Å²) in [6, 6.07) is 3.98. The second-order valence-corrected chi connectivity index (χ2v) is 11.9. The third-order valence-corrected chi connectivity index (χ3v) is 11.7. The van der Waals surface area contributed by atoms with Crippen molar-refractivity contribution in [3.8, 4) is 0 Å². The van der Waals surface area contributed by atoms with Crippen LogP contribution in [0.1, 0.15) is 26.7 Å². The highest BCUT2D eigenvalue weighted by atomic mass is 28.4. The van der Waals surface area contributed by atoms with Crippen LogP contribution in [0.2, 0.25) is 24.2 Å². The molecule has 0 aromatic heterocycles. The summed E-state index contributed by atoms with van der Waals surface area (Å²) in [4.78, 5) is 0. The van der Waals surface area contributed by atoms with E-state index in [1.807, 2.05) is 0 Å². The van der Waals surface area contributed by atoms with Gasteiger partial charge in [0.25, 0.3) is 0 Å². The summed E-state index contributed by atoms with van der Waals surface area (Å²) < 4.78 is 22.9. The van der Waals surface area contributed by atoms with Crippen LogP contribution in [0.4, 0.5) is 0 Å². The molecule has 0 rings (SSSR count). The fraction of sp³-hybridized carbons (Fsp3) is 1.00. The van der Waals surface area contributed by atoms with Gasteiger partial charge in [-0.25, -0.2) is 0 Å². The molecule has 0 aromatic carbocycles. The van der Waals surface area contributed by atoms with Crippen molar-refractivity contribution in [1.82, 2.24) is 0 Å². The molecule has 0 heterocycles. The lowest BCUT2D eigenvalue weighted by molar-refractivity contribution is 0.227. The van der Waals surface area contributed by atoms with Gasteiger partial charge in [0.2, 0.25) is 0 Å². The standard InChI is InChI=1S/C12H30O4Si2/c1-7-9-17(13-3,14-4)11-12-18(15-5,16-6)10-8-2/h7-12H2,1-6H3. The topological polar surface area (TPSA) is 36.9 Å². The summed E-state index contributed by atoms with van der Waals surface area (Å²) in [5, 5.41) is 0. The minimum absolute atomic E-state index is 0.960. The molecule has 110 valence electrons. The Bertz CT molecular complexity index is 184. The van der Waals surface area contributed by atoms with Gasteiger partial charge in [0.1, 0.15) is 0 Å². The van der Waals surface area contributed by atoms with E-state index in [9.17, 15) is 0 Å². The van der Waals surface area contributed by atoms with Crippen molar-refractivity contribution < 1.29 is 17.7 Å². The highest BCUT2D eigenvalue weighted by Gasteiger charge is 2.41. The van der Waals surface area contributed by atoms with Gasteiger partial charge in [-0.2, -0.15) is 0 Å². The SMILES string of the molecule is CCC[Si](CC[Si](CCC)(OC)OC)(OC)OC. The Kier molecular flexibility index (Phi) is 9.36. The smallest absolute Gasteiger partial charge is 0.337 e. The molecule has 0 radical (unpaired) electrons. The summed E-state index contributed by atoms with van der Waals surface area (Å²) in [7, 11) is 3.01. The Morgan fingerprint density at radius 2 is 0.833 bits per heavy atom. The first-order chi connectivity index (χ1) is 8.57. The van der Waals surface area contributed by atoms with Gasteiger partial charge >= 0.3 is 17.1 Å². The number of rotatable bonds is 11. The fourth-order valence-electron chi connectivity index (χ4n) is 2.38. The maximum atomic E-state index is 5.72. The maximum absolute atomic E-state index is 5.72. The molecule has 18 heavy (non-hydrogen) atoms. The lowest BCUT2D eigenvalue weighted by Crippen LogP contribution is -2.46. The monoisotopic (exact) mass is 294 g/mol. The summed E-state index contributed by atoms with van der Waals surface area (Å²) in [5.74, 6) is 0. The van der Waals surface area contributed by atoms with Crippen molar-refractivity contribution in [3.63, 3.8) is 0 Å². The lowest BCUT2D eigenvalue weighted by Gasteiger charge is -2.32. The highest BCUT2D eigenvalue weighted by molar-refractivity contribution is 6.73. The maximum Gasteiger partial charge on any atom is 0.337 e. The van der Waals surface area contributed by atoms with Crippen LogP contribution in [0.3, 0.4) is 0 Å². The molecule has 0 saturated heterocycles. The number of hydrogen-bond acceptors (Lipinski definition) is 4. The molecule has 4 nitrogen and oxygen atoms in total. The van der Waals surface area contributed by atoms with Crippen molar-refractivity contribution in [2.24, 2.45) is 0 Å². The third-order valence-electron chi connectivity index (χ3n) is 3.64. The Balaban J connectivity index is 4.64. The van der Waals surface area contributed by atoms with E-state index in [-0.39, 0.29) is 0 Å². The molecule has 0 unspecified atom stereocenters. The molecule has 0 amide bonds. The van der Waals surface area contributed by atoms with Crippen molar-refractivity contribution >= 4 is 17.1 Å². The lowest BCUT2D eigenvalue weighted by atomic mass is 10.6. The van der Waals surface area contributed by atoms with Crippen LogP contribution in [0.5, 0.6) is 0 Å². The van der Waals surface area contributed by atoms with Crippen molar-refractivity contribution in [2.45, 2.75) is 50.9 Å². The molecule has 0 aliphatic carbocycles. The average Bonchev–Trinajstić information content (AvgIpc) is 2.42. The first kappa shape index (κ1) is 18.3. The predicted molar refractivity (Wildman–Crippen MR) is 79.4 cm³/mol. The molecular weight excluding hydrogens is 264 g/mol. The second kappa shape index (κ2) is 9.22. The van der Waals surface area contributed by atoms with E-state index < -0.39 is 17.1 Å². The Labute approximate surface area is 114 Å². The van der Waals surface area contributed by atoms with Crippen LogP contribution in [0.25, 0.3) is 0 Å². The van der Waals surface area contributed by atoms with Gasteiger partial charge in [-0.15, -0.1) is 0 Å². The van der Waals surface area contributed by atoms with Gasteiger partial charge in [0.05, 0.1) is 0 Å². The van der Waals surface area contributed by atoms with Gasteiger partial charge in [-0.3, -0.25) is 0 Å². The zero-order chi connectivity index (χ0) is 14.1. The van der Waals surface area contributed by atoms with Crippen molar-refractivity contribution in [1.29, 1.82) is 0 Å². The summed E-state index contributed by atoms with van der Waals surface area (Å²) in [6.07, 6.45) is 2.19. The molecule has 0 aliphatic heterocycles. The van der Waals surface area contributed by atoms with E-state index in [2.05, 4.69) is 13.8 Å². The largest absolute Gasteiger partial charge is 0.398 e. The van der Waals surface area contributed by atoms with E-state index in [0.717, 1.165) is 37.0 Å². The van der Waals surface area contributed by atoms with E-state index in [1.165, 1.54) is 0 Å². The zero-order valence-electron chi connectivity index (χ0n) is 12.9. The van der Waals surface area contributed by atoms with Crippen LogP contribution in [-0.2, 0) is 17.7 Å². The first-order valence-corrected chi connectivity index (χ1v) is 11.2. The molecule has 0 N–H and O–H groups in total. The predicted octanol–water partition coefficient (Wildman–Crippen LogP) is 3.28.